The highest BCUT2D eigenvalue weighted by molar-refractivity contribution is 5.94. The summed E-state index contributed by atoms with van der Waals surface area (Å²) in [5, 5.41) is 8.61. The number of anilines is 1. The van der Waals surface area contributed by atoms with Gasteiger partial charge in [0.1, 0.15) is 0 Å². The second-order valence-electron chi connectivity index (χ2n) is 4.22. The lowest BCUT2D eigenvalue weighted by Crippen LogP contribution is -2.37. The highest BCUT2D eigenvalue weighted by atomic mass is 16.2. The van der Waals surface area contributed by atoms with Gasteiger partial charge in [-0.3, -0.25) is 10.6 Å². The summed E-state index contributed by atoms with van der Waals surface area (Å²) in [5.74, 6) is 5.20. The van der Waals surface area contributed by atoms with Gasteiger partial charge in [0, 0.05) is 23.8 Å². The highest BCUT2D eigenvalue weighted by Gasteiger charge is 2.18. The van der Waals surface area contributed by atoms with Crippen LogP contribution in [0, 0.1) is 11.3 Å². The molecule has 1 aromatic carbocycles. The van der Waals surface area contributed by atoms with Crippen LogP contribution < -0.4 is 11.3 Å². The van der Waals surface area contributed by atoms with Crippen molar-refractivity contribution >= 4 is 11.6 Å². The number of carbonyl (C=O) groups excluding carboxylic acids is 1. The van der Waals surface area contributed by atoms with E-state index in [0.717, 1.165) is 5.69 Å². The van der Waals surface area contributed by atoms with Crippen LogP contribution >= 0.6 is 0 Å². The molecule has 0 fully saturated rings. The fourth-order valence-electron chi connectivity index (χ4n) is 1.64. The van der Waals surface area contributed by atoms with Gasteiger partial charge in [-0.15, -0.1) is 0 Å². The number of nitriles is 1. The molecule has 1 amide bonds. The fourth-order valence-corrected chi connectivity index (χ4v) is 1.64. The Morgan fingerprint density at radius 1 is 1.44 bits per heavy atom. The summed E-state index contributed by atoms with van der Waals surface area (Å²) in [4.78, 5) is 13.9. The molecule has 1 rings (SSSR count). The van der Waals surface area contributed by atoms with Crippen molar-refractivity contribution in [1.82, 2.24) is 4.90 Å². The number of hydrogen-bond donors (Lipinski definition) is 2. The number of carbonyl (C=O) groups is 1. The lowest BCUT2D eigenvalue weighted by Gasteiger charge is -2.26. The van der Waals surface area contributed by atoms with Crippen molar-refractivity contribution in [1.29, 1.82) is 5.26 Å². The van der Waals surface area contributed by atoms with Crippen LogP contribution in [0.5, 0.6) is 0 Å². The molecule has 0 aliphatic heterocycles. The smallest absolute Gasteiger partial charge is 0.254 e. The van der Waals surface area contributed by atoms with Gasteiger partial charge in [-0.05, 0) is 38.1 Å². The minimum absolute atomic E-state index is 0.0659. The number of hydrogen-bond acceptors (Lipinski definition) is 4. The van der Waals surface area contributed by atoms with E-state index in [2.05, 4.69) is 11.5 Å². The predicted octanol–water partition coefficient (Wildman–Crippen LogP) is 1.74. The fraction of sp³-hybridized carbons (Fsp3) is 0.385. The molecule has 0 heterocycles. The van der Waals surface area contributed by atoms with E-state index in [9.17, 15) is 4.79 Å². The summed E-state index contributed by atoms with van der Waals surface area (Å²) < 4.78 is 0. The predicted molar refractivity (Wildman–Crippen MR) is 70.7 cm³/mol. The van der Waals surface area contributed by atoms with Gasteiger partial charge in [0.15, 0.2) is 0 Å². The van der Waals surface area contributed by atoms with E-state index >= 15 is 0 Å². The number of hydrazine groups is 1. The van der Waals surface area contributed by atoms with E-state index in [0.29, 0.717) is 18.5 Å². The van der Waals surface area contributed by atoms with E-state index in [1.807, 2.05) is 13.8 Å². The van der Waals surface area contributed by atoms with Gasteiger partial charge < -0.3 is 10.3 Å². The first-order valence-corrected chi connectivity index (χ1v) is 5.84. The summed E-state index contributed by atoms with van der Waals surface area (Å²) in [6.07, 6.45) is 0.340. The Balaban J connectivity index is 2.84. The zero-order valence-electron chi connectivity index (χ0n) is 10.7. The van der Waals surface area contributed by atoms with Crippen LogP contribution in [-0.4, -0.2) is 23.4 Å². The van der Waals surface area contributed by atoms with E-state index < -0.39 is 0 Å². The van der Waals surface area contributed by atoms with Crippen molar-refractivity contribution in [2.45, 2.75) is 26.3 Å². The summed E-state index contributed by atoms with van der Waals surface area (Å²) in [5.41, 5.74) is 3.86. The minimum atomic E-state index is -0.0659. The van der Waals surface area contributed by atoms with E-state index in [-0.39, 0.29) is 11.9 Å². The molecule has 0 atom stereocenters. The Hall–Kier alpha value is -2.06. The van der Waals surface area contributed by atoms with Crippen LogP contribution in [0.3, 0.4) is 0 Å². The zero-order chi connectivity index (χ0) is 13.5. The first-order valence-electron chi connectivity index (χ1n) is 5.84. The molecule has 96 valence electrons. The molecule has 0 aliphatic carbocycles. The number of nitrogens with one attached hydrogen (secondary N) is 1. The number of nitrogens with two attached hydrogens (primary N) is 1. The average molecular weight is 246 g/mol. The Morgan fingerprint density at radius 2 is 2.06 bits per heavy atom. The van der Waals surface area contributed by atoms with Crippen molar-refractivity contribution in [2.75, 3.05) is 12.0 Å². The van der Waals surface area contributed by atoms with Crippen LogP contribution in [0.2, 0.25) is 0 Å². The molecule has 0 saturated carbocycles. The second-order valence-corrected chi connectivity index (χ2v) is 4.22. The maximum absolute atomic E-state index is 12.3. The molecular formula is C13H18N4O. The van der Waals surface area contributed by atoms with Gasteiger partial charge in [0.25, 0.3) is 5.91 Å². The molecule has 1 aromatic rings. The lowest BCUT2D eigenvalue weighted by atomic mass is 10.1. The molecular weight excluding hydrogens is 228 g/mol. The molecule has 18 heavy (non-hydrogen) atoms. The largest absolute Gasteiger partial charge is 0.335 e. The van der Waals surface area contributed by atoms with Crippen molar-refractivity contribution in [3.63, 3.8) is 0 Å². The second kappa shape index (κ2) is 6.62. The summed E-state index contributed by atoms with van der Waals surface area (Å²) in [6, 6.07) is 9.06. The molecule has 5 nitrogen and oxygen atoms in total. The van der Waals surface area contributed by atoms with Crippen LogP contribution in [-0.2, 0) is 0 Å². The Labute approximate surface area is 107 Å². The van der Waals surface area contributed by atoms with Crippen molar-refractivity contribution in [3.8, 4) is 6.07 Å². The average Bonchev–Trinajstić information content (AvgIpc) is 2.38. The van der Waals surface area contributed by atoms with Crippen LogP contribution in [0.25, 0.3) is 0 Å². The minimum Gasteiger partial charge on any atom is -0.335 e. The molecule has 0 saturated heterocycles. The Morgan fingerprint density at radius 3 is 2.50 bits per heavy atom. The van der Waals surface area contributed by atoms with Gasteiger partial charge in [-0.2, -0.15) is 5.26 Å². The lowest BCUT2D eigenvalue weighted by molar-refractivity contribution is 0.0710. The van der Waals surface area contributed by atoms with Crippen LogP contribution in [0.15, 0.2) is 24.3 Å². The third-order valence-corrected chi connectivity index (χ3v) is 2.65. The highest BCUT2D eigenvalue weighted by Crippen LogP contribution is 2.12. The van der Waals surface area contributed by atoms with Gasteiger partial charge in [0.2, 0.25) is 0 Å². The monoisotopic (exact) mass is 246 g/mol. The number of nitrogens with zero attached hydrogens (tertiary/aromatic N) is 2. The molecule has 0 bridgehead atoms. The SMILES string of the molecule is CC(C)N(CCC#N)C(=O)c1ccc(NN)cc1. The van der Waals surface area contributed by atoms with Crippen LogP contribution in [0.4, 0.5) is 5.69 Å². The number of nitrogen functional groups attached to an aromatic ring is 1. The third-order valence-electron chi connectivity index (χ3n) is 2.65. The molecule has 0 spiro atoms. The van der Waals surface area contributed by atoms with Crippen LogP contribution in [0.1, 0.15) is 30.6 Å². The van der Waals surface area contributed by atoms with Crippen molar-refractivity contribution in [3.05, 3.63) is 29.8 Å². The summed E-state index contributed by atoms with van der Waals surface area (Å²) in [6.45, 7) is 4.32. The first kappa shape index (κ1) is 14.0. The summed E-state index contributed by atoms with van der Waals surface area (Å²) in [7, 11) is 0. The quantitative estimate of drug-likeness (QED) is 0.612. The molecule has 0 unspecified atom stereocenters. The van der Waals surface area contributed by atoms with Crippen molar-refractivity contribution in [2.24, 2.45) is 5.84 Å². The zero-order valence-corrected chi connectivity index (χ0v) is 10.7. The standard InChI is InChI=1S/C13H18N4O/c1-10(2)17(9-3-8-14)13(18)11-4-6-12(16-15)7-5-11/h4-7,10,16H,3,9,15H2,1-2H3. The van der Waals surface area contributed by atoms with Gasteiger partial charge >= 0.3 is 0 Å². The maximum Gasteiger partial charge on any atom is 0.254 e. The molecule has 0 aromatic heterocycles. The number of benzene rings is 1. The third kappa shape index (κ3) is 3.47. The van der Waals surface area contributed by atoms with Crippen molar-refractivity contribution < 1.29 is 4.79 Å². The van der Waals surface area contributed by atoms with E-state index in [1.54, 1.807) is 29.2 Å². The maximum atomic E-state index is 12.3. The normalized spacial score (nSPS) is 9.94. The molecule has 0 aliphatic rings. The molecule has 0 radical (unpaired) electrons. The Bertz CT molecular complexity index is 433. The Kier molecular flexibility index (Phi) is 5.15. The first-order chi connectivity index (χ1) is 8.60. The van der Waals surface area contributed by atoms with Gasteiger partial charge in [-0.25, -0.2) is 0 Å². The van der Waals surface area contributed by atoms with Gasteiger partial charge in [0.05, 0.1) is 12.5 Å². The molecule has 5 heteroatoms. The van der Waals surface area contributed by atoms with Gasteiger partial charge in [-0.1, -0.05) is 0 Å². The number of amides is 1. The summed E-state index contributed by atoms with van der Waals surface area (Å²) >= 11 is 0. The topological polar surface area (TPSA) is 82.2 Å². The van der Waals surface area contributed by atoms with E-state index in [1.165, 1.54) is 0 Å². The molecule has 3 N–H and O–H groups in total. The van der Waals surface area contributed by atoms with E-state index in [4.69, 9.17) is 11.1 Å². The number of rotatable bonds is 5.